The molecule has 1 aromatic carbocycles. The minimum atomic E-state index is -0.200. The molecule has 1 aliphatic heterocycles. The van der Waals surface area contributed by atoms with Gasteiger partial charge in [-0.1, -0.05) is 6.42 Å². The van der Waals surface area contributed by atoms with Gasteiger partial charge in [0, 0.05) is 37.3 Å². The van der Waals surface area contributed by atoms with Gasteiger partial charge in [0.05, 0.1) is 0 Å². The number of nitrogens with zero attached hydrogens (tertiary/aromatic N) is 1. The summed E-state index contributed by atoms with van der Waals surface area (Å²) in [5, 5.41) is 3.21. The molecule has 1 saturated heterocycles. The van der Waals surface area contributed by atoms with Gasteiger partial charge in [0.1, 0.15) is 5.82 Å². The molecule has 142 valence electrons. The zero-order chi connectivity index (χ0) is 18.1. The molecule has 5 heteroatoms. The highest BCUT2D eigenvalue weighted by Crippen LogP contribution is 2.41. The molecule has 0 spiro atoms. The van der Waals surface area contributed by atoms with Crippen LogP contribution < -0.4 is 16.0 Å². The topological polar surface area (TPSA) is 58.4 Å². The summed E-state index contributed by atoms with van der Waals surface area (Å²) in [4.78, 5) is 15.0. The van der Waals surface area contributed by atoms with E-state index in [9.17, 15) is 9.18 Å². The number of nitrogens with one attached hydrogen (secondary N) is 1. The number of carbonyl (C=O) groups is 1. The van der Waals surface area contributed by atoms with Gasteiger partial charge in [-0.3, -0.25) is 4.79 Å². The van der Waals surface area contributed by atoms with Crippen LogP contribution in [-0.4, -0.2) is 31.6 Å². The largest absolute Gasteiger partial charge is 0.371 e. The van der Waals surface area contributed by atoms with E-state index in [0.29, 0.717) is 23.8 Å². The third-order valence-electron chi connectivity index (χ3n) is 6.83. The first-order valence-electron chi connectivity index (χ1n) is 10.1. The first-order valence-corrected chi connectivity index (χ1v) is 10.1. The standard InChI is InChI=1S/C21H30FN3O/c22-18-4-6-19(7-5-18)25-9-8-14(13-25)12-24-21(26)17-10-15-2-1-3-16(11-17)20(15)23/h4-7,14-17,20H,1-3,8-13,23H2,(H,24,26). The second-order valence-electron chi connectivity index (χ2n) is 8.52. The molecular formula is C21H30FN3O. The van der Waals surface area contributed by atoms with E-state index in [2.05, 4.69) is 10.2 Å². The minimum Gasteiger partial charge on any atom is -0.371 e. The Morgan fingerprint density at radius 2 is 1.85 bits per heavy atom. The number of fused-ring (bicyclic) bond motifs is 2. The number of anilines is 1. The third kappa shape index (κ3) is 3.73. The Labute approximate surface area is 155 Å². The highest BCUT2D eigenvalue weighted by molar-refractivity contribution is 5.78. The first-order chi connectivity index (χ1) is 12.6. The van der Waals surface area contributed by atoms with Crippen LogP contribution in [0.1, 0.15) is 38.5 Å². The molecule has 26 heavy (non-hydrogen) atoms. The fraction of sp³-hybridized carbons (Fsp3) is 0.667. The number of nitrogens with two attached hydrogens (primary N) is 1. The highest BCUT2D eigenvalue weighted by Gasteiger charge is 2.40. The number of carbonyl (C=O) groups excluding carboxylic acids is 1. The number of halogens is 1. The van der Waals surface area contributed by atoms with E-state index in [1.54, 1.807) is 0 Å². The smallest absolute Gasteiger partial charge is 0.223 e. The molecule has 3 N–H and O–H groups in total. The lowest BCUT2D eigenvalue weighted by atomic mass is 9.65. The van der Waals surface area contributed by atoms with Crippen molar-refractivity contribution in [2.24, 2.45) is 29.4 Å². The molecule has 1 amide bonds. The van der Waals surface area contributed by atoms with Crippen molar-refractivity contribution in [2.45, 2.75) is 44.6 Å². The summed E-state index contributed by atoms with van der Waals surface area (Å²) in [6.07, 6.45) is 6.66. The maximum atomic E-state index is 13.1. The molecule has 0 aromatic heterocycles. The van der Waals surface area contributed by atoms with E-state index in [1.165, 1.54) is 31.4 Å². The average molecular weight is 359 g/mol. The number of rotatable bonds is 4. The van der Waals surface area contributed by atoms with E-state index >= 15 is 0 Å². The van der Waals surface area contributed by atoms with Crippen molar-refractivity contribution in [1.29, 1.82) is 0 Å². The SMILES string of the molecule is NC1C2CCCC1CC(C(=O)NCC1CCN(c3ccc(F)cc3)C1)C2. The molecule has 3 fully saturated rings. The predicted molar refractivity (Wildman–Crippen MR) is 101 cm³/mol. The molecular weight excluding hydrogens is 329 g/mol. The van der Waals surface area contributed by atoms with Crippen LogP contribution >= 0.6 is 0 Å². The summed E-state index contributed by atoms with van der Waals surface area (Å²) in [5.41, 5.74) is 7.40. The summed E-state index contributed by atoms with van der Waals surface area (Å²) in [5.74, 6) is 1.73. The monoisotopic (exact) mass is 359 g/mol. The van der Waals surface area contributed by atoms with Crippen molar-refractivity contribution >= 4 is 11.6 Å². The fourth-order valence-corrected chi connectivity index (χ4v) is 5.28. The van der Waals surface area contributed by atoms with E-state index < -0.39 is 0 Å². The summed E-state index contributed by atoms with van der Waals surface area (Å²) >= 11 is 0. The minimum absolute atomic E-state index is 0.153. The quantitative estimate of drug-likeness (QED) is 0.869. The summed E-state index contributed by atoms with van der Waals surface area (Å²) in [7, 11) is 0. The van der Waals surface area contributed by atoms with Crippen molar-refractivity contribution in [1.82, 2.24) is 5.32 Å². The molecule has 2 bridgehead atoms. The van der Waals surface area contributed by atoms with Gasteiger partial charge in [-0.15, -0.1) is 0 Å². The fourth-order valence-electron chi connectivity index (χ4n) is 5.28. The van der Waals surface area contributed by atoms with Gasteiger partial charge in [0.15, 0.2) is 0 Å². The van der Waals surface area contributed by atoms with Crippen molar-refractivity contribution in [2.75, 3.05) is 24.5 Å². The van der Waals surface area contributed by atoms with Gasteiger partial charge in [0.2, 0.25) is 5.91 Å². The van der Waals surface area contributed by atoms with Crippen LogP contribution in [0, 0.1) is 29.5 Å². The number of hydrogen-bond donors (Lipinski definition) is 2. The number of amides is 1. The Bertz CT molecular complexity index is 621. The van der Waals surface area contributed by atoms with Crippen LogP contribution in [0.15, 0.2) is 24.3 Å². The average Bonchev–Trinajstić information content (AvgIpc) is 3.09. The highest BCUT2D eigenvalue weighted by atomic mass is 19.1. The lowest BCUT2D eigenvalue weighted by molar-refractivity contribution is -0.128. The Hall–Kier alpha value is -1.62. The van der Waals surface area contributed by atoms with Crippen molar-refractivity contribution in [3.05, 3.63) is 30.1 Å². The molecule has 1 aromatic rings. The summed E-state index contributed by atoms with van der Waals surface area (Å²) < 4.78 is 13.1. The molecule has 4 nitrogen and oxygen atoms in total. The summed E-state index contributed by atoms with van der Waals surface area (Å²) in [6, 6.07) is 7.00. The molecule has 4 rings (SSSR count). The van der Waals surface area contributed by atoms with Crippen LogP contribution in [0.25, 0.3) is 0 Å². The predicted octanol–water partition coefficient (Wildman–Crippen LogP) is 2.92. The van der Waals surface area contributed by atoms with Gasteiger partial charge >= 0.3 is 0 Å². The van der Waals surface area contributed by atoms with Gasteiger partial charge < -0.3 is 16.0 Å². The van der Waals surface area contributed by atoms with Crippen LogP contribution in [-0.2, 0) is 4.79 Å². The Balaban J connectivity index is 1.25. The van der Waals surface area contributed by atoms with Gasteiger partial charge in [-0.05, 0) is 74.1 Å². The van der Waals surface area contributed by atoms with Crippen LogP contribution in [0.3, 0.4) is 0 Å². The first kappa shape index (κ1) is 17.8. The second-order valence-corrected chi connectivity index (χ2v) is 8.52. The zero-order valence-electron chi connectivity index (χ0n) is 15.4. The molecule has 3 aliphatic rings. The normalized spacial score (nSPS) is 33.9. The Kier molecular flexibility index (Phi) is 5.16. The molecule has 2 saturated carbocycles. The maximum Gasteiger partial charge on any atom is 0.223 e. The maximum absolute atomic E-state index is 13.1. The van der Waals surface area contributed by atoms with E-state index in [4.69, 9.17) is 5.73 Å². The zero-order valence-corrected chi connectivity index (χ0v) is 15.4. The lowest BCUT2D eigenvalue weighted by Gasteiger charge is -2.43. The molecule has 3 atom stereocenters. The van der Waals surface area contributed by atoms with E-state index in [1.807, 2.05) is 12.1 Å². The van der Waals surface area contributed by atoms with E-state index in [-0.39, 0.29) is 17.6 Å². The van der Waals surface area contributed by atoms with Crippen LogP contribution in [0.4, 0.5) is 10.1 Å². The molecule has 2 aliphatic carbocycles. The number of hydrogen-bond acceptors (Lipinski definition) is 3. The molecule has 1 heterocycles. The van der Waals surface area contributed by atoms with Crippen LogP contribution in [0.2, 0.25) is 0 Å². The summed E-state index contributed by atoms with van der Waals surface area (Å²) in [6.45, 7) is 2.63. The molecule has 0 radical (unpaired) electrons. The lowest BCUT2D eigenvalue weighted by Crippen LogP contribution is -2.49. The Morgan fingerprint density at radius 1 is 1.15 bits per heavy atom. The van der Waals surface area contributed by atoms with Gasteiger partial charge in [0.25, 0.3) is 0 Å². The van der Waals surface area contributed by atoms with Gasteiger partial charge in [-0.2, -0.15) is 0 Å². The number of benzene rings is 1. The van der Waals surface area contributed by atoms with Crippen molar-refractivity contribution in [3.63, 3.8) is 0 Å². The van der Waals surface area contributed by atoms with Gasteiger partial charge in [-0.25, -0.2) is 4.39 Å². The van der Waals surface area contributed by atoms with Crippen molar-refractivity contribution < 1.29 is 9.18 Å². The second kappa shape index (κ2) is 7.55. The third-order valence-corrected chi connectivity index (χ3v) is 6.83. The van der Waals surface area contributed by atoms with Crippen molar-refractivity contribution in [3.8, 4) is 0 Å². The van der Waals surface area contributed by atoms with E-state index in [0.717, 1.165) is 44.6 Å². The Morgan fingerprint density at radius 3 is 2.54 bits per heavy atom. The molecule has 3 unspecified atom stereocenters. The van der Waals surface area contributed by atoms with Crippen LogP contribution in [0.5, 0.6) is 0 Å².